The Morgan fingerprint density at radius 2 is 2.15 bits per heavy atom. The fourth-order valence-electron chi connectivity index (χ4n) is 1.62. The number of nitrogens with one attached hydrogen (secondary N) is 1. The Balaban J connectivity index is 1.93. The molecule has 1 atom stereocenters. The molecule has 0 bridgehead atoms. The Morgan fingerprint density at radius 1 is 1.45 bits per heavy atom. The summed E-state index contributed by atoms with van der Waals surface area (Å²) in [5.41, 5.74) is 6.81. The van der Waals surface area contributed by atoms with E-state index in [4.69, 9.17) is 14.9 Å². The zero-order chi connectivity index (χ0) is 14.5. The summed E-state index contributed by atoms with van der Waals surface area (Å²) < 4.78 is 10.2. The van der Waals surface area contributed by atoms with Gasteiger partial charge in [0.05, 0.1) is 13.2 Å². The van der Waals surface area contributed by atoms with Gasteiger partial charge in [-0.3, -0.25) is 4.79 Å². The van der Waals surface area contributed by atoms with Crippen molar-refractivity contribution in [2.45, 2.75) is 19.5 Å². The molecule has 1 unspecified atom stereocenters. The minimum Gasteiger partial charge on any atom is -0.497 e. The van der Waals surface area contributed by atoms with Crippen LogP contribution in [0, 0.1) is 0 Å². The number of carbonyl (C=O) groups is 1. The number of amides is 1. The smallest absolute Gasteiger partial charge is 0.273 e. The SMILES string of the molecule is COc1ccc(CNC(=O)c2coc(C(C)N)n2)cc1. The molecule has 1 amide bonds. The normalized spacial score (nSPS) is 11.9. The van der Waals surface area contributed by atoms with Crippen molar-refractivity contribution in [2.24, 2.45) is 5.73 Å². The number of rotatable bonds is 5. The summed E-state index contributed by atoms with van der Waals surface area (Å²) in [6.45, 7) is 2.15. The van der Waals surface area contributed by atoms with Crippen LogP contribution >= 0.6 is 0 Å². The van der Waals surface area contributed by atoms with E-state index in [0.29, 0.717) is 12.4 Å². The zero-order valence-corrected chi connectivity index (χ0v) is 11.4. The molecule has 20 heavy (non-hydrogen) atoms. The lowest BCUT2D eigenvalue weighted by Crippen LogP contribution is -2.23. The number of methoxy groups -OCH3 is 1. The first-order chi connectivity index (χ1) is 9.60. The van der Waals surface area contributed by atoms with Crippen LogP contribution in [-0.4, -0.2) is 18.0 Å². The summed E-state index contributed by atoms with van der Waals surface area (Å²) in [4.78, 5) is 15.9. The number of nitrogens with zero attached hydrogens (tertiary/aromatic N) is 1. The van der Waals surface area contributed by atoms with Gasteiger partial charge in [-0.05, 0) is 24.6 Å². The lowest BCUT2D eigenvalue weighted by atomic mass is 10.2. The lowest BCUT2D eigenvalue weighted by Gasteiger charge is -2.04. The van der Waals surface area contributed by atoms with Crippen molar-refractivity contribution in [3.63, 3.8) is 0 Å². The van der Waals surface area contributed by atoms with Gasteiger partial charge in [0.15, 0.2) is 5.69 Å². The predicted molar refractivity (Wildman–Crippen MR) is 73.3 cm³/mol. The number of carbonyl (C=O) groups excluding carboxylic acids is 1. The van der Waals surface area contributed by atoms with E-state index in [2.05, 4.69) is 10.3 Å². The highest BCUT2D eigenvalue weighted by Crippen LogP contribution is 2.12. The highest BCUT2D eigenvalue weighted by Gasteiger charge is 2.13. The quantitative estimate of drug-likeness (QED) is 0.865. The van der Waals surface area contributed by atoms with Gasteiger partial charge in [-0.1, -0.05) is 12.1 Å². The van der Waals surface area contributed by atoms with Gasteiger partial charge >= 0.3 is 0 Å². The molecule has 1 aromatic carbocycles. The van der Waals surface area contributed by atoms with Crippen LogP contribution in [0.5, 0.6) is 5.75 Å². The van der Waals surface area contributed by atoms with Crippen LogP contribution in [0.25, 0.3) is 0 Å². The van der Waals surface area contributed by atoms with Crippen LogP contribution in [0.1, 0.15) is 34.9 Å². The monoisotopic (exact) mass is 275 g/mol. The fraction of sp³-hybridized carbons (Fsp3) is 0.286. The van der Waals surface area contributed by atoms with Gasteiger partial charge in [0.25, 0.3) is 5.91 Å². The number of ether oxygens (including phenoxy) is 1. The van der Waals surface area contributed by atoms with Crippen LogP contribution in [0.3, 0.4) is 0 Å². The Labute approximate surface area is 116 Å². The highest BCUT2D eigenvalue weighted by molar-refractivity contribution is 5.91. The van der Waals surface area contributed by atoms with Crippen molar-refractivity contribution >= 4 is 5.91 Å². The van der Waals surface area contributed by atoms with E-state index in [0.717, 1.165) is 11.3 Å². The molecule has 0 saturated heterocycles. The minimum absolute atomic E-state index is 0.228. The maximum atomic E-state index is 11.9. The molecule has 0 aliphatic heterocycles. The Morgan fingerprint density at radius 3 is 2.70 bits per heavy atom. The number of hydrogen-bond acceptors (Lipinski definition) is 5. The van der Waals surface area contributed by atoms with Crippen molar-refractivity contribution in [3.05, 3.63) is 47.7 Å². The summed E-state index contributed by atoms with van der Waals surface area (Å²) in [7, 11) is 1.61. The van der Waals surface area contributed by atoms with Crippen molar-refractivity contribution in [1.82, 2.24) is 10.3 Å². The third-order valence-corrected chi connectivity index (χ3v) is 2.76. The maximum Gasteiger partial charge on any atom is 0.273 e. The van der Waals surface area contributed by atoms with Crippen molar-refractivity contribution in [2.75, 3.05) is 7.11 Å². The van der Waals surface area contributed by atoms with Gasteiger partial charge < -0.3 is 20.2 Å². The minimum atomic E-state index is -0.335. The summed E-state index contributed by atoms with van der Waals surface area (Å²) in [5.74, 6) is 0.828. The summed E-state index contributed by atoms with van der Waals surface area (Å²) >= 11 is 0. The molecule has 0 radical (unpaired) electrons. The van der Waals surface area contributed by atoms with E-state index >= 15 is 0 Å². The van der Waals surface area contributed by atoms with Gasteiger partial charge in [0.2, 0.25) is 5.89 Å². The molecule has 0 fully saturated rings. The Kier molecular flexibility index (Phi) is 4.37. The van der Waals surface area contributed by atoms with E-state index in [-0.39, 0.29) is 17.6 Å². The molecule has 0 saturated carbocycles. The molecule has 1 aromatic heterocycles. The molecule has 6 heteroatoms. The fourth-order valence-corrected chi connectivity index (χ4v) is 1.62. The Bertz CT molecular complexity index is 576. The van der Waals surface area contributed by atoms with Gasteiger partial charge in [-0.2, -0.15) is 0 Å². The van der Waals surface area contributed by atoms with E-state index in [1.165, 1.54) is 6.26 Å². The first kappa shape index (κ1) is 14.1. The van der Waals surface area contributed by atoms with Crippen molar-refractivity contribution in [1.29, 1.82) is 0 Å². The lowest BCUT2D eigenvalue weighted by molar-refractivity contribution is 0.0946. The van der Waals surface area contributed by atoms with Gasteiger partial charge in [-0.15, -0.1) is 0 Å². The molecular weight excluding hydrogens is 258 g/mol. The summed E-state index contributed by atoms with van der Waals surface area (Å²) in [6.07, 6.45) is 1.31. The van der Waals surface area contributed by atoms with Crippen molar-refractivity contribution in [3.8, 4) is 5.75 Å². The number of oxazole rings is 1. The molecule has 0 spiro atoms. The molecular formula is C14H17N3O3. The second kappa shape index (κ2) is 6.21. The van der Waals surface area contributed by atoms with Crippen LogP contribution in [-0.2, 0) is 6.54 Å². The van der Waals surface area contributed by atoms with Crippen LogP contribution in [0.15, 0.2) is 34.9 Å². The number of nitrogens with two attached hydrogens (primary N) is 1. The van der Waals surface area contributed by atoms with Gasteiger partial charge in [0.1, 0.15) is 12.0 Å². The second-order valence-electron chi connectivity index (χ2n) is 4.39. The largest absolute Gasteiger partial charge is 0.497 e. The van der Waals surface area contributed by atoms with Gasteiger partial charge in [0, 0.05) is 6.54 Å². The highest BCUT2D eigenvalue weighted by atomic mass is 16.5. The predicted octanol–water partition coefficient (Wildman–Crippen LogP) is 1.63. The molecule has 0 aliphatic rings. The number of aromatic nitrogens is 1. The first-order valence-corrected chi connectivity index (χ1v) is 6.22. The standard InChI is InChI=1S/C14H17N3O3/c1-9(15)14-17-12(8-20-14)13(18)16-7-10-3-5-11(19-2)6-4-10/h3-6,8-9H,7,15H2,1-2H3,(H,16,18). The number of hydrogen-bond donors (Lipinski definition) is 2. The molecule has 2 rings (SSSR count). The average Bonchev–Trinajstić information content (AvgIpc) is 2.95. The Hall–Kier alpha value is -2.34. The average molecular weight is 275 g/mol. The van der Waals surface area contributed by atoms with Crippen LogP contribution < -0.4 is 15.8 Å². The summed E-state index contributed by atoms with van der Waals surface area (Å²) in [6, 6.07) is 7.11. The van der Waals surface area contributed by atoms with E-state index in [1.54, 1.807) is 14.0 Å². The summed E-state index contributed by atoms with van der Waals surface area (Å²) in [5, 5.41) is 2.76. The molecule has 106 valence electrons. The van der Waals surface area contributed by atoms with Crippen molar-refractivity contribution < 1.29 is 13.9 Å². The topological polar surface area (TPSA) is 90.4 Å². The first-order valence-electron chi connectivity index (χ1n) is 6.22. The van der Waals surface area contributed by atoms with E-state index in [9.17, 15) is 4.79 Å². The van der Waals surface area contributed by atoms with E-state index < -0.39 is 0 Å². The molecule has 3 N–H and O–H groups in total. The third kappa shape index (κ3) is 3.36. The van der Waals surface area contributed by atoms with Crippen LogP contribution in [0.2, 0.25) is 0 Å². The zero-order valence-electron chi connectivity index (χ0n) is 11.4. The third-order valence-electron chi connectivity index (χ3n) is 2.76. The molecule has 1 heterocycles. The number of benzene rings is 1. The maximum absolute atomic E-state index is 11.9. The van der Waals surface area contributed by atoms with Crippen LogP contribution in [0.4, 0.5) is 0 Å². The van der Waals surface area contributed by atoms with E-state index in [1.807, 2.05) is 24.3 Å². The molecule has 6 nitrogen and oxygen atoms in total. The molecule has 0 aliphatic carbocycles. The van der Waals surface area contributed by atoms with Gasteiger partial charge in [-0.25, -0.2) is 4.98 Å². The second-order valence-corrected chi connectivity index (χ2v) is 4.39. The molecule has 2 aromatic rings.